The molecule has 1 aliphatic heterocycles. The lowest BCUT2D eigenvalue weighted by atomic mass is 10.0. The van der Waals surface area contributed by atoms with E-state index in [1.54, 1.807) is 0 Å². The van der Waals surface area contributed by atoms with Gasteiger partial charge in [0.1, 0.15) is 18.2 Å². The van der Waals surface area contributed by atoms with E-state index in [1.165, 1.54) is 0 Å². The number of aliphatic hydroxyl groups is 1. The van der Waals surface area contributed by atoms with Gasteiger partial charge >= 0.3 is 0 Å². The summed E-state index contributed by atoms with van der Waals surface area (Å²) >= 11 is 0. The molecular formula is C23H27N3O4. The third-order valence-electron chi connectivity index (χ3n) is 5.35. The van der Waals surface area contributed by atoms with E-state index in [0.717, 1.165) is 60.9 Å². The average Bonchev–Trinajstić information content (AvgIpc) is 2.74. The smallest absolute Gasteiger partial charge is 0.259 e. The van der Waals surface area contributed by atoms with Crippen molar-refractivity contribution in [3.63, 3.8) is 0 Å². The third kappa shape index (κ3) is 4.38. The second kappa shape index (κ2) is 8.95. The van der Waals surface area contributed by atoms with E-state index in [4.69, 9.17) is 19.6 Å². The maximum Gasteiger partial charge on any atom is 0.259 e. The summed E-state index contributed by atoms with van der Waals surface area (Å²) in [6.45, 7) is 8.22. The van der Waals surface area contributed by atoms with Gasteiger partial charge in [-0.05, 0) is 54.8 Å². The van der Waals surface area contributed by atoms with Gasteiger partial charge in [-0.15, -0.1) is 0 Å². The van der Waals surface area contributed by atoms with Crippen molar-refractivity contribution in [1.82, 2.24) is 14.9 Å². The zero-order valence-corrected chi connectivity index (χ0v) is 17.4. The summed E-state index contributed by atoms with van der Waals surface area (Å²) in [6, 6.07) is 9.77. The minimum atomic E-state index is -0.144. The number of H-pyrrole nitrogens is 1. The van der Waals surface area contributed by atoms with Crippen LogP contribution in [-0.4, -0.2) is 59.5 Å². The van der Waals surface area contributed by atoms with Crippen molar-refractivity contribution in [2.24, 2.45) is 0 Å². The van der Waals surface area contributed by atoms with Crippen molar-refractivity contribution >= 4 is 10.9 Å². The first-order chi connectivity index (χ1) is 14.5. The molecule has 0 radical (unpaired) electrons. The second-order valence-electron chi connectivity index (χ2n) is 7.67. The van der Waals surface area contributed by atoms with Crippen LogP contribution in [0.5, 0.6) is 5.75 Å². The number of hydrogen-bond donors (Lipinski definition) is 2. The van der Waals surface area contributed by atoms with Gasteiger partial charge in [0.2, 0.25) is 0 Å². The van der Waals surface area contributed by atoms with E-state index in [0.29, 0.717) is 16.7 Å². The molecule has 30 heavy (non-hydrogen) atoms. The number of rotatable bonds is 6. The number of hydrogen-bond acceptors (Lipinski definition) is 6. The van der Waals surface area contributed by atoms with Crippen LogP contribution in [0, 0.1) is 13.8 Å². The Labute approximate surface area is 175 Å². The normalized spacial score (nSPS) is 14.9. The van der Waals surface area contributed by atoms with Crippen molar-refractivity contribution in [2.45, 2.75) is 20.4 Å². The number of aliphatic hydroxyl groups excluding tert-OH is 1. The van der Waals surface area contributed by atoms with E-state index in [-0.39, 0.29) is 18.8 Å². The van der Waals surface area contributed by atoms with Crippen LogP contribution in [0.4, 0.5) is 0 Å². The molecule has 0 saturated carbocycles. The Morgan fingerprint density at radius 2 is 1.90 bits per heavy atom. The third-order valence-corrected chi connectivity index (χ3v) is 5.35. The fourth-order valence-electron chi connectivity index (χ4n) is 3.90. The number of fused-ring (bicyclic) bond motifs is 1. The first kappa shape index (κ1) is 20.5. The number of nitrogens with one attached hydrogen (secondary N) is 1. The summed E-state index contributed by atoms with van der Waals surface area (Å²) < 4.78 is 11.0. The fraction of sp³-hybridized carbons (Fsp3) is 0.391. The van der Waals surface area contributed by atoms with Crippen LogP contribution in [0.15, 0.2) is 35.1 Å². The van der Waals surface area contributed by atoms with Gasteiger partial charge in [-0.2, -0.15) is 0 Å². The molecule has 0 atom stereocenters. The van der Waals surface area contributed by atoms with Gasteiger partial charge in [0.05, 0.1) is 30.7 Å². The highest BCUT2D eigenvalue weighted by Crippen LogP contribution is 2.29. The molecule has 0 aliphatic carbocycles. The van der Waals surface area contributed by atoms with E-state index in [1.807, 2.05) is 44.2 Å². The largest absolute Gasteiger partial charge is 0.491 e. The number of aromatic amines is 1. The summed E-state index contributed by atoms with van der Waals surface area (Å²) in [4.78, 5) is 22.8. The van der Waals surface area contributed by atoms with Gasteiger partial charge in [0.15, 0.2) is 0 Å². The highest BCUT2D eigenvalue weighted by molar-refractivity contribution is 5.80. The van der Waals surface area contributed by atoms with Crippen molar-refractivity contribution < 1.29 is 14.6 Å². The van der Waals surface area contributed by atoms with Crippen LogP contribution in [0.1, 0.15) is 16.7 Å². The summed E-state index contributed by atoms with van der Waals surface area (Å²) in [5.41, 5.74) is 4.33. The molecule has 0 spiro atoms. The molecule has 2 N–H and O–H groups in total. The minimum Gasteiger partial charge on any atom is -0.491 e. The van der Waals surface area contributed by atoms with E-state index in [9.17, 15) is 4.79 Å². The Morgan fingerprint density at radius 1 is 1.17 bits per heavy atom. The molecular weight excluding hydrogens is 382 g/mol. The summed E-state index contributed by atoms with van der Waals surface area (Å²) in [6.07, 6.45) is 0. The van der Waals surface area contributed by atoms with Crippen LogP contribution in [0.3, 0.4) is 0 Å². The average molecular weight is 409 g/mol. The molecule has 0 unspecified atom stereocenters. The summed E-state index contributed by atoms with van der Waals surface area (Å²) in [5.74, 6) is 1.29. The summed E-state index contributed by atoms with van der Waals surface area (Å²) in [5, 5.41) is 9.60. The van der Waals surface area contributed by atoms with E-state index in [2.05, 4.69) is 9.88 Å². The van der Waals surface area contributed by atoms with Gasteiger partial charge in [-0.3, -0.25) is 9.69 Å². The number of aryl methyl sites for hydroxylation is 2. The molecule has 0 amide bonds. The van der Waals surface area contributed by atoms with Crippen LogP contribution in [-0.2, 0) is 11.3 Å². The van der Waals surface area contributed by atoms with Crippen molar-refractivity contribution in [2.75, 3.05) is 39.5 Å². The maximum atomic E-state index is 12.8. The second-order valence-corrected chi connectivity index (χ2v) is 7.67. The molecule has 7 heteroatoms. The predicted molar refractivity (Wildman–Crippen MR) is 116 cm³/mol. The zero-order valence-electron chi connectivity index (χ0n) is 17.4. The molecule has 158 valence electrons. The monoisotopic (exact) mass is 409 g/mol. The molecule has 1 saturated heterocycles. The lowest BCUT2D eigenvalue weighted by molar-refractivity contribution is 0.0342. The molecule has 1 aliphatic rings. The quantitative estimate of drug-likeness (QED) is 0.650. The number of benzene rings is 2. The van der Waals surface area contributed by atoms with Gasteiger partial charge in [0.25, 0.3) is 5.56 Å². The minimum absolute atomic E-state index is 0.0340. The highest BCUT2D eigenvalue weighted by atomic mass is 16.5. The molecule has 0 bridgehead atoms. The molecule has 1 fully saturated rings. The Hall–Kier alpha value is -2.74. The van der Waals surface area contributed by atoms with Gasteiger partial charge in [0, 0.05) is 25.2 Å². The van der Waals surface area contributed by atoms with Gasteiger partial charge in [-0.25, -0.2) is 4.98 Å². The van der Waals surface area contributed by atoms with E-state index < -0.39 is 0 Å². The topological polar surface area (TPSA) is 87.7 Å². The Morgan fingerprint density at radius 3 is 2.60 bits per heavy atom. The van der Waals surface area contributed by atoms with Crippen LogP contribution < -0.4 is 10.3 Å². The molecule has 7 nitrogen and oxygen atoms in total. The summed E-state index contributed by atoms with van der Waals surface area (Å²) in [7, 11) is 0. The Balaban J connectivity index is 1.64. The van der Waals surface area contributed by atoms with Crippen molar-refractivity contribution in [3.05, 3.63) is 57.4 Å². The maximum absolute atomic E-state index is 12.8. The first-order valence-corrected chi connectivity index (χ1v) is 10.2. The predicted octanol–water partition coefficient (Wildman–Crippen LogP) is 2.41. The van der Waals surface area contributed by atoms with Gasteiger partial charge in [-0.1, -0.05) is 6.07 Å². The standard InChI is InChI=1S/C23H27N3O4/c1-15-11-18(12-16(2)21(15)30-10-7-27)22-24-20-4-3-17(13-19(20)23(28)25-22)14-26-5-8-29-9-6-26/h3-4,11-13,27H,5-10,14H2,1-2H3,(H,24,25,28). The van der Waals surface area contributed by atoms with Crippen molar-refractivity contribution in [3.8, 4) is 17.1 Å². The van der Waals surface area contributed by atoms with E-state index >= 15 is 0 Å². The highest BCUT2D eigenvalue weighted by Gasteiger charge is 2.14. The zero-order chi connectivity index (χ0) is 21.1. The van der Waals surface area contributed by atoms with Gasteiger partial charge < -0.3 is 19.6 Å². The van der Waals surface area contributed by atoms with Crippen LogP contribution in [0.25, 0.3) is 22.3 Å². The number of aromatic nitrogens is 2. The Bertz CT molecular complexity index is 1080. The molecule has 4 rings (SSSR count). The molecule has 1 aromatic heterocycles. The first-order valence-electron chi connectivity index (χ1n) is 10.2. The van der Waals surface area contributed by atoms with Crippen molar-refractivity contribution in [1.29, 1.82) is 0 Å². The molecule has 2 aromatic carbocycles. The molecule has 3 aromatic rings. The van der Waals surface area contributed by atoms with Crippen LogP contribution >= 0.6 is 0 Å². The fourth-order valence-corrected chi connectivity index (χ4v) is 3.90. The van der Waals surface area contributed by atoms with Crippen LogP contribution in [0.2, 0.25) is 0 Å². The Kier molecular flexibility index (Phi) is 6.13. The number of ether oxygens (including phenoxy) is 2. The SMILES string of the molecule is Cc1cc(-c2nc3ccc(CN4CCOCC4)cc3c(=O)[nH]2)cc(C)c1OCCO. The lowest BCUT2D eigenvalue weighted by Crippen LogP contribution is -2.35. The lowest BCUT2D eigenvalue weighted by Gasteiger charge is -2.26. The molecule has 2 heterocycles. The number of morpholine rings is 1. The number of nitrogens with zero attached hydrogens (tertiary/aromatic N) is 2.